The van der Waals surface area contributed by atoms with Crippen molar-refractivity contribution in [3.63, 3.8) is 0 Å². The quantitative estimate of drug-likeness (QED) is 0.478. The molecule has 0 spiro atoms. The van der Waals surface area contributed by atoms with Crippen LogP contribution in [-0.4, -0.2) is 20.9 Å². The van der Waals surface area contributed by atoms with Gasteiger partial charge in [-0.05, 0) is 37.1 Å². The van der Waals surface area contributed by atoms with Gasteiger partial charge in [-0.25, -0.2) is 9.37 Å². The van der Waals surface area contributed by atoms with E-state index in [1.807, 2.05) is 23.6 Å². The molecule has 0 unspecified atom stereocenters. The molecule has 4 rings (SSSR count). The van der Waals surface area contributed by atoms with Crippen LogP contribution in [0.3, 0.4) is 0 Å². The molecule has 1 N–H and O–H groups in total. The number of thiophene rings is 1. The second-order valence-corrected chi connectivity index (χ2v) is 8.19. The summed E-state index contributed by atoms with van der Waals surface area (Å²) in [5.74, 6) is 0.356. The molecule has 0 bridgehead atoms. The lowest BCUT2D eigenvalue weighted by molar-refractivity contribution is 0.198. The van der Waals surface area contributed by atoms with E-state index in [-0.39, 0.29) is 11.4 Å². The topological polar surface area (TPSA) is 49.0 Å². The maximum atomic E-state index is 13.2. The number of aromatic amines is 1. The minimum Gasteiger partial charge on any atom is -0.309 e. The van der Waals surface area contributed by atoms with E-state index in [1.165, 1.54) is 29.0 Å². The zero-order valence-corrected chi connectivity index (χ0v) is 17.2. The number of fused-ring (bicyclic) bond motifs is 1. The van der Waals surface area contributed by atoms with Crippen molar-refractivity contribution in [1.82, 2.24) is 14.9 Å². The van der Waals surface area contributed by atoms with Crippen molar-refractivity contribution in [2.45, 2.75) is 33.0 Å². The highest BCUT2D eigenvalue weighted by molar-refractivity contribution is 7.17. The van der Waals surface area contributed by atoms with Crippen LogP contribution in [0, 0.1) is 5.82 Å². The fourth-order valence-electron chi connectivity index (χ4n) is 3.34. The minimum absolute atomic E-state index is 0.158. The SMILES string of the molecule is CC(C)N(Cc1ccccc1)Cc1nc2scc(-c3ccc(F)cc3)c2c(=O)[nH]1. The number of halogens is 1. The van der Waals surface area contributed by atoms with E-state index in [4.69, 9.17) is 4.98 Å². The minimum atomic E-state index is -0.296. The Labute approximate surface area is 172 Å². The third-order valence-corrected chi connectivity index (χ3v) is 5.83. The number of benzene rings is 2. The predicted molar refractivity (Wildman–Crippen MR) is 116 cm³/mol. The Balaban J connectivity index is 1.65. The van der Waals surface area contributed by atoms with Crippen molar-refractivity contribution in [2.24, 2.45) is 0 Å². The molecule has 29 heavy (non-hydrogen) atoms. The van der Waals surface area contributed by atoms with Crippen molar-refractivity contribution >= 4 is 21.6 Å². The molecular weight excluding hydrogens is 385 g/mol. The van der Waals surface area contributed by atoms with Crippen LogP contribution in [0.5, 0.6) is 0 Å². The molecule has 0 radical (unpaired) electrons. The lowest BCUT2D eigenvalue weighted by Gasteiger charge is -2.26. The van der Waals surface area contributed by atoms with Gasteiger partial charge in [-0.2, -0.15) is 0 Å². The molecule has 2 aromatic carbocycles. The van der Waals surface area contributed by atoms with E-state index in [0.717, 1.165) is 17.7 Å². The van der Waals surface area contributed by atoms with E-state index in [0.29, 0.717) is 28.6 Å². The molecule has 148 valence electrons. The van der Waals surface area contributed by atoms with Crippen LogP contribution < -0.4 is 5.56 Å². The Kier molecular flexibility index (Phi) is 5.56. The van der Waals surface area contributed by atoms with Crippen molar-refractivity contribution in [3.05, 3.63) is 87.5 Å². The highest BCUT2D eigenvalue weighted by atomic mass is 32.1. The van der Waals surface area contributed by atoms with Crippen LogP contribution in [0.25, 0.3) is 21.3 Å². The van der Waals surface area contributed by atoms with Crippen LogP contribution in [0.1, 0.15) is 25.2 Å². The van der Waals surface area contributed by atoms with Gasteiger partial charge in [0.2, 0.25) is 0 Å². The third kappa shape index (κ3) is 4.28. The van der Waals surface area contributed by atoms with Crippen LogP contribution in [-0.2, 0) is 13.1 Å². The average molecular weight is 408 g/mol. The molecule has 0 aliphatic rings. The fraction of sp³-hybridized carbons (Fsp3) is 0.217. The molecular formula is C23H22FN3OS. The van der Waals surface area contributed by atoms with Gasteiger partial charge >= 0.3 is 0 Å². The highest BCUT2D eigenvalue weighted by Crippen LogP contribution is 2.30. The first kappa shape index (κ1) is 19.5. The summed E-state index contributed by atoms with van der Waals surface area (Å²) in [4.78, 5) is 23.5. The molecule has 2 heterocycles. The Morgan fingerprint density at radius 2 is 1.79 bits per heavy atom. The summed E-state index contributed by atoms with van der Waals surface area (Å²) < 4.78 is 13.2. The van der Waals surface area contributed by atoms with Gasteiger partial charge in [0, 0.05) is 23.5 Å². The van der Waals surface area contributed by atoms with Crippen LogP contribution in [0.4, 0.5) is 4.39 Å². The van der Waals surface area contributed by atoms with Gasteiger partial charge in [0.25, 0.3) is 5.56 Å². The van der Waals surface area contributed by atoms with Crippen molar-refractivity contribution in [2.75, 3.05) is 0 Å². The Morgan fingerprint density at radius 3 is 2.48 bits per heavy atom. The number of hydrogen-bond donors (Lipinski definition) is 1. The van der Waals surface area contributed by atoms with Crippen molar-refractivity contribution in [3.8, 4) is 11.1 Å². The summed E-state index contributed by atoms with van der Waals surface area (Å²) >= 11 is 1.44. The largest absolute Gasteiger partial charge is 0.309 e. The van der Waals surface area contributed by atoms with E-state index < -0.39 is 0 Å². The molecule has 0 saturated carbocycles. The highest BCUT2D eigenvalue weighted by Gasteiger charge is 2.16. The van der Waals surface area contributed by atoms with Crippen molar-refractivity contribution < 1.29 is 4.39 Å². The first-order valence-corrected chi connectivity index (χ1v) is 10.4. The maximum Gasteiger partial charge on any atom is 0.260 e. The molecule has 0 aliphatic heterocycles. The van der Waals surface area contributed by atoms with Gasteiger partial charge in [-0.3, -0.25) is 9.69 Å². The Bertz CT molecular complexity index is 1170. The van der Waals surface area contributed by atoms with Gasteiger partial charge in [-0.1, -0.05) is 42.5 Å². The standard InChI is InChI=1S/C23H22FN3OS/c1-15(2)27(12-16-6-4-3-5-7-16)13-20-25-22(28)21-19(14-29-23(21)26-20)17-8-10-18(24)11-9-17/h3-11,14-15H,12-13H2,1-2H3,(H,25,26,28). The zero-order chi connectivity index (χ0) is 20.4. The lowest BCUT2D eigenvalue weighted by atomic mass is 10.1. The van der Waals surface area contributed by atoms with E-state index in [1.54, 1.807) is 12.1 Å². The number of aromatic nitrogens is 2. The molecule has 2 aromatic heterocycles. The number of nitrogens with zero attached hydrogens (tertiary/aromatic N) is 2. The summed E-state index contributed by atoms with van der Waals surface area (Å²) in [6.07, 6.45) is 0. The van der Waals surface area contributed by atoms with Crippen LogP contribution >= 0.6 is 11.3 Å². The third-order valence-electron chi connectivity index (χ3n) is 4.96. The van der Waals surface area contributed by atoms with E-state index in [9.17, 15) is 9.18 Å². The second kappa shape index (κ2) is 8.27. The number of hydrogen-bond acceptors (Lipinski definition) is 4. The first-order valence-electron chi connectivity index (χ1n) is 9.55. The van der Waals surface area contributed by atoms with Gasteiger partial charge < -0.3 is 4.98 Å². The molecule has 0 amide bonds. The molecule has 0 saturated heterocycles. The molecule has 0 atom stereocenters. The number of H-pyrrole nitrogens is 1. The fourth-order valence-corrected chi connectivity index (χ4v) is 4.31. The van der Waals surface area contributed by atoms with Gasteiger partial charge in [0.15, 0.2) is 0 Å². The molecule has 0 fully saturated rings. The number of rotatable bonds is 6. The summed E-state index contributed by atoms with van der Waals surface area (Å²) in [5, 5.41) is 2.47. The van der Waals surface area contributed by atoms with Crippen LogP contribution in [0.2, 0.25) is 0 Å². The first-order chi connectivity index (χ1) is 14.0. The van der Waals surface area contributed by atoms with Gasteiger partial charge in [0.05, 0.1) is 11.9 Å². The van der Waals surface area contributed by atoms with E-state index >= 15 is 0 Å². The summed E-state index contributed by atoms with van der Waals surface area (Å²) in [6.45, 7) is 5.61. The zero-order valence-electron chi connectivity index (χ0n) is 16.4. The van der Waals surface area contributed by atoms with Gasteiger partial charge in [-0.15, -0.1) is 11.3 Å². The van der Waals surface area contributed by atoms with E-state index in [2.05, 4.69) is 35.9 Å². The Morgan fingerprint density at radius 1 is 1.07 bits per heavy atom. The number of nitrogens with one attached hydrogen (secondary N) is 1. The summed E-state index contributed by atoms with van der Waals surface area (Å²) in [6, 6.07) is 16.7. The molecule has 4 nitrogen and oxygen atoms in total. The molecule has 6 heteroatoms. The normalized spacial score (nSPS) is 11.6. The molecule has 4 aromatic rings. The predicted octanol–water partition coefficient (Wildman–Crippen LogP) is 5.20. The Hall–Kier alpha value is -2.83. The van der Waals surface area contributed by atoms with Gasteiger partial charge in [0.1, 0.15) is 16.5 Å². The maximum absolute atomic E-state index is 13.2. The average Bonchev–Trinajstić information content (AvgIpc) is 3.13. The second-order valence-electron chi connectivity index (χ2n) is 7.33. The monoisotopic (exact) mass is 407 g/mol. The lowest BCUT2D eigenvalue weighted by Crippen LogP contribution is -2.31. The van der Waals surface area contributed by atoms with Crippen molar-refractivity contribution in [1.29, 1.82) is 0 Å². The smallest absolute Gasteiger partial charge is 0.260 e. The summed E-state index contributed by atoms with van der Waals surface area (Å²) in [7, 11) is 0. The summed E-state index contributed by atoms with van der Waals surface area (Å²) in [5.41, 5.74) is 2.66. The van der Waals surface area contributed by atoms with Crippen LogP contribution in [0.15, 0.2) is 64.8 Å². The molecule has 0 aliphatic carbocycles.